The van der Waals surface area contributed by atoms with Gasteiger partial charge in [0.15, 0.2) is 6.29 Å². The molecule has 0 atom stereocenters. The monoisotopic (exact) mass is 187 g/mol. The van der Waals surface area contributed by atoms with Crippen molar-refractivity contribution in [1.29, 1.82) is 5.26 Å². The Hall–Kier alpha value is -2.08. The van der Waals surface area contributed by atoms with Gasteiger partial charge < -0.3 is 4.74 Å². The highest BCUT2D eigenvalue weighted by molar-refractivity contribution is 6.06. The van der Waals surface area contributed by atoms with Crippen LogP contribution in [0, 0.1) is 11.3 Å². The van der Waals surface area contributed by atoms with Crippen LogP contribution in [-0.4, -0.2) is 13.4 Å². The summed E-state index contributed by atoms with van der Waals surface area (Å²) in [4.78, 5) is 10.6. The molecule has 1 aromatic carbocycles. The molecule has 0 bridgehead atoms. The van der Waals surface area contributed by atoms with E-state index < -0.39 is 0 Å². The number of carbonyl (C=O) groups excluding carboxylic acids is 1. The molecule has 0 saturated heterocycles. The van der Waals surface area contributed by atoms with Crippen LogP contribution < -0.4 is 0 Å². The normalized spacial score (nSPS) is 10.4. The molecule has 0 fully saturated rings. The van der Waals surface area contributed by atoms with Crippen molar-refractivity contribution in [3.63, 3.8) is 0 Å². The molecule has 0 aliphatic carbocycles. The number of ether oxygens (including phenoxy) is 1. The van der Waals surface area contributed by atoms with Gasteiger partial charge in [-0.25, -0.2) is 0 Å². The molecule has 3 heteroatoms. The maximum Gasteiger partial charge on any atom is 0.153 e. The highest BCUT2D eigenvalue weighted by atomic mass is 16.5. The number of benzene rings is 1. The number of carbonyl (C=O) groups is 1. The lowest BCUT2D eigenvalue weighted by molar-refractivity contribution is -0.103. The average Bonchev–Trinajstić information content (AvgIpc) is 2.26. The van der Waals surface area contributed by atoms with E-state index in [0.29, 0.717) is 17.4 Å². The average molecular weight is 187 g/mol. The molecular weight excluding hydrogens is 178 g/mol. The van der Waals surface area contributed by atoms with Crippen LogP contribution in [0.1, 0.15) is 11.1 Å². The highest BCUT2D eigenvalue weighted by Crippen LogP contribution is 2.12. The van der Waals surface area contributed by atoms with Crippen LogP contribution in [0.15, 0.2) is 30.5 Å². The van der Waals surface area contributed by atoms with E-state index in [1.807, 2.05) is 6.07 Å². The Bertz CT molecular complexity index is 385. The smallest absolute Gasteiger partial charge is 0.153 e. The fourth-order valence-corrected chi connectivity index (χ4v) is 1.03. The molecule has 14 heavy (non-hydrogen) atoms. The number of rotatable bonds is 3. The van der Waals surface area contributed by atoms with Gasteiger partial charge in [-0.15, -0.1) is 0 Å². The summed E-state index contributed by atoms with van der Waals surface area (Å²) in [6.45, 7) is 0. The first-order chi connectivity index (χ1) is 6.81. The highest BCUT2D eigenvalue weighted by Gasteiger charge is 1.99. The summed E-state index contributed by atoms with van der Waals surface area (Å²) >= 11 is 0. The summed E-state index contributed by atoms with van der Waals surface area (Å²) in [7, 11) is 1.48. The van der Waals surface area contributed by atoms with Gasteiger partial charge in [0.25, 0.3) is 0 Å². The van der Waals surface area contributed by atoms with E-state index in [0.717, 1.165) is 5.56 Å². The Morgan fingerprint density at radius 1 is 1.43 bits per heavy atom. The largest absolute Gasteiger partial charge is 0.504 e. The zero-order valence-corrected chi connectivity index (χ0v) is 7.73. The molecule has 0 N–H and O–H groups in total. The molecule has 0 heterocycles. The van der Waals surface area contributed by atoms with Crippen molar-refractivity contribution in [1.82, 2.24) is 0 Å². The maximum atomic E-state index is 10.6. The Morgan fingerprint density at radius 2 is 2.07 bits per heavy atom. The van der Waals surface area contributed by atoms with Crippen LogP contribution in [0.3, 0.4) is 0 Å². The van der Waals surface area contributed by atoms with E-state index in [9.17, 15) is 4.79 Å². The third kappa shape index (κ3) is 2.20. The summed E-state index contributed by atoms with van der Waals surface area (Å²) in [5, 5.41) is 8.57. The molecule has 0 radical (unpaired) electrons. The minimum absolute atomic E-state index is 0.456. The standard InChI is InChI=1S/C11H9NO2/c1-14-8-11(7-13)10-4-2-9(6-12)3-5-10/h2-5,7-8H,1H3/b11-8+. The van der Waals surface area contributed by atoms with Gasteiger partial charge in [-0.1, -0.05) is 12.1 Å². The number of nitriles is 1. The van der Waals surface area contributed by atoms with Gasteiger partial charge in [-0.2, -0.15) is 5.26 Å². The van der Waals surface area contributed by atoms with Crippen molar-refractivity contribution in [3.05, 3.63) is 41.7 Å². The molecule has 0 aliphatic heterocycles. The second-order valence-corrected chi connectivity index (χ2v) is 2.62. The van der Waals surface area contributed by atoms with Gasteiger partial charge in [-0.3, -0.25) is 4.79 Å². The van der Waals surface area contributed by atoms with Crippen molar-refractivity contribution in [2.45, 2.75) is 0 Å². The minimum atomic E-state index is 0.456. The first kappa shape index (κ1) is 10.0. The molecule has 70 valence electrons. The van der Waals surface area contributed by atoms with Crippen LogP contribution >= 0.6 is 0 Å². The maximum absolute atomic E-state index is 10.6. The lowest BCUT2D eigenvalue weighted by Gasteiger charge is -1.99. The van der Waals surface area contributed by atoms with Crippen LogP contribution in [0.4, 0.5) is 0 Å². The van der Waals surface area contributed by atoms with E-state index in [2.05, 4.69) is 0 Å². The van der Waals surface area contributed by atoms with Crippen molar-refractivity contribution in [2.24, 2.45) is 0 Å². The summed E-state index contributed by atoms with van der Waals surface area (Å²) in [6.07, 6.45) is 2.08. The molecule has 0 unspecified atom stereocenters. The number of hydrogen-bond acceptors (Lipinski definition) is 3. The summed E-state index contributed by atoms with van der Waals surface area (Å²) in [5.74, 6) is 0. The van der Waals surface area contributed by atoms with Gasteiger partial charge in [0.1, 0.15) is 0 Å². The fourth-order valence-electron chi connectivity index (χ4n) is 1.03. The minimum Gasteiger partial charge on any atom is -0.504 e. The summed E-state index contributed by atoms with van der Waals surface area (Å²) in [6, 6.07) is 8.73. The van der Waals surface area contributed by atoms with E-state index in [1.54, 1.807) is 24.3 Å². The molecule has 0 saturated carbocycles. The van der Waals surface area contributed by atoms with Gasteiger partial charge in [0.2, 0.25) is 0 Å². The molecule has 3 nitrogen and oxygen atoms in total. The van der Waals surface area contributed by atoms with Gasteiger partial charge in [0.05, 0.1) is 30.6 Å². The second-order valence-electron chi connectivity index (χ2n) is 2.62. The number of hydrogen-bond donors (Lipinski definition) is 0. The molecule has 0 amide bonds. The molecule has 1 aromatic rings. The van der Waals surface area contributed by atoms with E-state index in [1.165, 1.54) is 13.4 Å². The Morgan fingerprint density at radius 3 is 2.50 bits per heavy atom. The molecule has 1 rings (SSSR count). The van der Waals surface area contributed by atoms with Gasteiger partial charge >= 0.3 is 0 Å². The molecule has 0 aliphatic rings. The van der Waals surface area contributed by atoms with E-state index in [4.69, 9.17) is 10.00 Å². The van der Waals surface area contributed by atoms with E-state index >= 15 is 0 Å². The lowest BCUT2D eigenvalue weighted by atomic mass is 10.1. The lowest BCUT2D eigenvalue weighted by Crippen LogP contribution is -1.87. The SMILES string of the molecule is CO/C=C(\C=O)c1ccc(C#N)cc1. The Balaban J connectivity index is 3.02. The number of aldehydes is 1. The van der Waals surface area contributed by atoms with Crippen LogP contribution in [0.25, 0.3) is 5.57 Å². The van der Waals surface area contributed by atoms with Crippen molar-refractivity contribution in [3.8, 4) is 6.07 Å². The quantitative estimate of drug-likeness (QED) is 0.411. The molecule has 0 spiro atoms. The van der Waals surface area contributed by atoms with Gasteiger partial charge in [-0.05, 0) is 17.7 Å². The van der Waals surface area contributed by atoms with Crippen molar-refractivity contribution in [2.75, 3.05) is 7.11 Å². The van der Waals surface area contributed by atoms with Crippen LogP contribution in [0.2, 0.25) is 0 Å². The van der Waals surface area contributed by atoms with Crippen molar-refractivity contribution >= 4 is 11.9 Å². The number of methoxy groups -OCH3 is 1. The predicted molar refractivity (Wildman–Crippen MR) is 52.2 cm³/mol. The van der Waals surface area contributed by atoms with Gasteiger partial charge in [0, 0.05) is 0 Å². The predicted octanol–water partition coefficient (Wildman–Crippen LogP) is 1.74. The van der Waals surface area contributed by atoms with Crippen LogP contribution in [-0.2, 0) is 9.53 Å². The first-order valence-electron chi connectivity index (χ1n) is 4.00. The summed E-state index contributed by atoms with van der Waals surface area (Å²) < 4.78 is 4.75. The third-order valence-corrected chi connectivity index (χ3v) is 1.72. The first-order valence-corrected chi connectivity index (χ1v) is 4.00. The Kier molecular flexibility index (Phi) is 3.45. The number of nitrogens with zero attached hydrogens (tertiary/aromatic N) is 1. The second kappa shape index (κ2) is 4.83. The Labute approximate surface area is 82.2 Å². The van der Waals surface area contributed by atoms with E-state index in [-0.39, 0.29) is 0 Å². The van der Waals surface area contributed by atoms with Crippen molar-refractivity contribution < 1.29 is 9.53 Å². The number of allylic oxidation sites excluding steroid dienone is 1. The zero-order valence-electron chi connectivity index (χ0n) is 7.73. The zero-order chi connectivity index (χ0) is 10.4. The molecular formula is C11H9NO2. The summed E-state index contributed by atoms with van der Waals surface area (Å²) in [5.41, 5.74) is 1.76. The fraction of sp³-hybridized carbons (Fsp3) is 0.0909. The molecule has 0 aromatic heterocycles. The topological polar surface area (TPSA) is 50.1 Å². The third-order valence-electron chi connectivity index (χ3n) is 1.72. The van der Waals surface area contributed by atoms with Crippen LogP contribution in [0.5, 0.6) is 0 Å².